The molecule has 0 heterocycles. The molecule has 0 aromatic heterocycles. The molecule has 1 atom stereocenters. The van der Waals surface area contributed by atoms with Crippen LogP contribution in [0.3, 0.4) is 0 Å². The van der Waals surface area contributed by atoms with Gasteiger partial charge in [-0.05, 0) is 43.4 Å². The minimum Gasteiger partial charge on any atom is -0.392 e. The summed E-state index contributed by atoms with van der Waals surface area (Å²) in [5.41, 5.74) is 0. The summed E-state index contributed by atoms with van der Waals surface area (Å²) < 4.78 is 0. The van der Waals surface area contributed by atoms with E-state index in [2.05, 4.69) is 19.2 Å². The Bertz CT molecular complexity index is 173. The molecule has 2 rings (SSSR count). The molecule has 0 saturated heterocycles. The van der Waals surface area contributed by atoms with Crippen LogP contribution in [0, 0.1) is 17.8 Å². The van der Waals surface area contributed by atoms with Gasteiger partial charge in [0.25, 0.3) is 0 Å². The number of hydrogen-bond acceptors (Lipinski definition) is 2. The first-order chi connectivity index (χ1) is 6.68. The summed E-state index contributed by atoms with van der Waals surface area (Å²) in [7, 11) is 0. The van der Waals surface area contributed by atoms with Crippen LogP contribution < -0.4 is 5.32 Å². The molecule has 2 nitrogen and oxygen atoms in total. The Hall–Kier alpha value is -0.0800. The van der Waals surface area contributed by atoms with Gasteiger partial charge in [-0.3, -0.25) is 0 Å². The standard InChI is InChI=1S/C12H23NO/c1-8(2)11(14)7-13-12(9-3-4-9)10-5-6-10/h8-14H,3-7H2,1-2H3. The topological polar surface area (TPSA) is 32.3 Å². The molecule has 2 aliphatic rings. The smallest absolute Gasteiger partial charge is 0.0687 e. The predicted molar refractivity (Wildman–Crippen MR) is 58.1 cm³/mol. The number of rotatable bonds is 6. The fraction of sp³-hybridized carbons (Fsp3) is 1.00. The van der Waals surface area contributed by atoms with Gasteiger partial charge in [-0.25, -0.2) is 0 Å². The predicted octanol–water partition coefficient (Wildman–Crippen LogP) is 1.78. The molecule has 0 aromatic carbocycles. The molecule has 2 fully saturated rings. The molecule has 0 aliphatic heterocycles. The van der Waals surface area contributed by atoms with Gasteiger partial charge in [-0.15, -0.1) is 0 Å². The first-order valence-electron chi connectivity index (χ1n) is 6.10. The molecule has 2 aliphatic carbocycles. The molecule has 1 unspecified atom stereocenters. The summed E-state index contributed by atoms with van der Waals surface area (Å²) in [5, 5.41) is 13.3. The van der Waals surface area contributed by atoms with Gasteiger partial charge in [-0.1, -0.05) is 13.8 Å². The third-order valence-electron chi connectivity index (χ3n) is 3.59. The summed E-state index contributed by atoms with van der Waals surface area (Å²) in [6.45, 7) is 4.94. The van der Waals surface area contributed by atoms with Crippen molar-refractivity contribution in [3.05, 3.63) is 0 Å². The van der Waals surface area contributed by atoms with E-state index in [0.29, 0.717) is 5.92 Å². The number of nitrogens with one attached hydrogen (secondary N) is 1. The van der Waals surface area contributed by atoms with Gasteiger partial charge in [0, 0.05) is 12.6 Å². The lowest BCUT2D eigenvalue weighted by molar-refractivity contribution is 0.117. The number of hydrogen-bond donors (Lipinski definition) is 2. The molecule has 82 valence electrons. The molecule has 0 radical (unpaired) electrons. The summed E-state index contributed by atoms with van der Waals surface area (Å²) in [4.78, 5) is 0. The molecule has 14 heavy (non-hydrogen) atoms. The molecule has 0 aromatic rings. The quantitative estimate of drug-likeness (QED) is 0.680. The summed E-state index contributed by atoms with van der Waals surface area (Å²) in [6.07, 6.45) is 5.46. The summed E-state index contributed by atoms with van der Waals surface area (Å²) in [5.74, 6) is 2.24. The third kappa shape index (κ3) is 2.71. The molecule has 0 amide bonds. The molecule has 2 N–H and O–H groups in total. The van der Waals surface area contributed by atoms with Crippen LogP contribution in [0.5, 0.6) is 0 Å². The van der Waals surface area contributed by atoms with Crippen LogP contribution in [0.25, 0.3) is 0 Å². The Balaban J connectivity index is 1.71. The highest BCUT2D eigenvalue weighted by molar-refractivity contribution is 4.96. The Kier molecular flexibility index (Phi) is 3.13. The van der Waals surface area contributed by atoms with Gasteiger partial charge < -0.3 is 10.4 Å². The van der Waals surface area contributed by atoms with Crippen molar-refractivity contribution in [2.24, 2.45) is 17.8 Å². The van der Waals surface area contributed by atoms with Crippen LogP contribution >= 0.6 is 0 Å². The van der Waals surface area contributed by atoms with Gasteiger partial charge in [0.2, 0.25) is 0 Å². The maximum Gasteiger partial charge on any atom is 0.0687 e. The molecule has 2 heteroatoms. The summed E-state index contributed by atoms with van der Waals surface area (Å²) in [6, 6.07) is 0.725. The first-order valence-corrected chi connectivity index (χ1v) is 6.10. The van der Waals surface area contributed by atoms with Crippen molar-refractivity contribution >= 4 is 0 Å². The van der Waals surface area contributed by atoms with Crippen molar-refractivity contribution in [3.63, 3.8) is 0 Å². The van der Waals surface area contributed by atoms with E-state index in [0.717, 1.165) is 24.4 Å². The van der Waals surface area contributed by atoms with E-state index in [4.69, 9.17) is 0 Å². The van der Waals surface area contributed by atoms with Gasteiger partial charge in [-0.2, -0.15) is 0 Å². The summed E-state index contributed by atoms with van der Waals surface area (Å²) >= 11 is 0. The average molecular weight is 197 g/mol. The monoisotopic (exact) mass is 197 g/mol. The maximum atomic E-state index is 9.72. The van der Waals surface area contributed by atoms with Gasteiger partial charge in [0.15, 0.2) is 0 Å². The second-order valence-corrected chi connectivity index (χ2v) is 5.42. The molecular formula is C12H23NO. The molecule has 2 saturated carbocycles. The third-order valence-corrected chi connectivity index (χ3v) is 3.59. The lowest BCUT2D eigenvalue weighted by Gasteiger charge is -2.21. The Morgan fingerprint density at radius 1 is 1.14 bits per heavy atom. The maximum absolute atomic E-state index is 9.72. The second-order valence-electron chi connectivity index (χ2n) is 5.42. The number of aliphatic hydroxyl groups excluding tert-OH is 1. The van der Waals surface area contributed by atoms with Crippen LogP contribution in [0.4, 0.5) is 0 Å². The van der Waals surface area contributed by atoms with Gasteiger partial charge in [0.1, 0.15) is 0 Å². The Morgan fingerprint density at radius 2 is 1.64 bits per heavy atom. The van der Waals surface area contributed by atoms with E-state index in [1.807, 2.05) is 0 Å². The van der Waals surface area contributed by atoms with E-state index in [9.17, 15) is 5.11 Å². The lowest BCUT2D eigenvalue weighted by Crippen LogP contribution is -2.40. The largest absolute Gasteiger partial charge is 0.392 e. The Morgan fingerprint density at radius 3 is 2.00 bits per heavy atom. The van der Waals surface area contributed by atoms with Crippen molar-refractivity contribution < 1.29 is 5.11 Å². The Labute approximate surface area is 87.1 Å². The van der Waals surface area contributed by atoms with Crippen LogP contribution in [0.1, 0.15) is 39.5 Å². The first kappa shape index (κ1) is 10.4. The van der Waals surface area contributed by atoms with Crippen LogP contribution in [0.2, 0.25) is 0 Å². The van der Waals surface area contributed by atoms with E-state index in [1.54, 1.807) is 0 Å². The highest BCUT2D eigenvalue weighted by Crippen LogP contribution is 2.44. The minimum absolute atomic E-state index is 0.171. The van der Waals surface area contributed by atoms with Crippen molar-refractivity contribution in [3.8, 4) is 0 Å². The van der Waals surface area contributed by atoms with Crippen LogP contribution in [0.15, 0.2) is 0 Å². The SMILES string of the molecule is CC(C)C(O)CNC(C1CC1)C1CC1. The highest BCUT2D eigenvalue weighted by atomic mass is 16.3. The minimum atomic E-state index is -0.171. The average Bonchev–Trinajstić information content (AvgIpc) is 2.99. The second kappa shape index (κ2) is 4.19. The molecular weight excluding hydrogens is 174 g/mol. The van der Waals surface area contributed by atoms with Crippen LogP contribution in [-0.4, -0.2) is 23.8 Å². The zero-order chi connectivity index (χ0) is 10.1. The normalized spacial score (nSPS) is 24.6. The van der Waals surface area contributed by atoms with Gasteiger partial charge in [0.05, 0.1) is 6.10 Å². The van der Waals surface area contributed by atoms with E-state index >= 15 is 0 Å². The highest BCUT2D eigenvalue weighted by Gasteiger charge is 2.41. The molecule has 0 spiro atoms. The van der Waals surface area contributed by atoms with Crippen molar-refractivity contribution in [2.75, 3.05) is 6.54 Å². The fourth-order valence-corrected chi connectivity index (χ4v) is 2.12. The van der Waals surface area contributed by atoms with Crippen LogP contribution in [-0.2, 0) is 0 Å². The fourth-order valence-electron chi connectivity index (χ4n) is 2.12. The molecule has 0 bridgehead atoms. The number of aliphatic hydroxyl groups is 1. The lowest BCUT2D eigenvalue weighted by atomic mass is 10.0. The zero-order valence-corrected chi connectivity index (χ0v) is 9.37. The van der Waals surface area contributed by atoms with E-state index < -0.39 is 0 Å². The van der Waals surface area contributed by atoms with Crippen molar-refractivity contribution in [1.82, 2.24) is 5.32 Å². The van der Waals surface area contributed by atoms with Gasteiger partial charge >= 0.3 is 0 Å². The van der Waals surface area contributed by atoms with E-state index in [1.165, 1.54) is 25.7 Å². The van der Waals surface area contributed by atoms with Crippen molar-refractivity contribution in [2.45, 2.75) is 51.7 Å². The zero-order valence-electron chi connectivity index (χ0n) is 9.37. The van der Waals surface area contributed by atoms with E-state index in [-0.39, 0.29) is 6.10 Å². The van der Waals surface area contributed by atoms with Crippen molar-refractivity contribution in [1.29, 1.82) is 0 Å².